The number of hydrogen-bond donors (Lipinski definition) is 0. The number of carbonyl (C=O) groups excluding carboxylic acids is 1. The molecule has 1 rings (SSSR count). The lowest BCUT2D eigenvalue weighted by Crippen LogP contribution is -2.28. The lowest BCUT2D eigenvalue weighted by molar-refractivity contribution is -0.119. The van der Waals surface area contributed by atoms with Gasteiger partial charge in [0.25, 0.3) is 0 Å². The molecule has 3 heteroatoms. The molecule has 0 saturated carbocycles. The van der Waals surface area contributed by atoms with Crippen LogP contribution in [0.4, 0.5) is 0 Å². The van der Waals surface area contributed by atoms with Crippen molar-refractivity contribution in [3.63, 3.8) is 0 Å². The molecular weight excluding hydrogens is 180 g/mol. The molecule has 0 aromatic heterocycles. The Kier molecular flexibility index (Phi) is 2.99. The Labute approximate surface area is 84.4 Å². The topological polar surface area (TPSA) is 35.5 Å². The molecule has 3 nitrogen and oxygen atoms in total. The minimum atomic E-state index is -0.144. The number of Topliss-reactive ketones (excluding diaryl/α,β-unsaturated/α-hetero) is 1. The fourth-order valence-corrected chi connectivity index (χ4v) is 1.12. The van der Waals surface area contributed by atoms with Crippen molar-refractivity contribution in [2.75, 3.05) is 0 Å². The van der Waals surface area contributed by atoms with Crippen LogP contribution in [0.3, 0.4) is 0 Å². The summed E-state index contributed by atoms with van der Waals surface area (Å²) in [7, 11) is 0. The third-order valence-corrected chi connectivity index (χ3v) is 1.67. The highest BCUT2D eigenvalue weighted by Gasteiger charge is 2.36. The van der Waals surface area contributed by atoms with Crippen LogP contribution < -0.4 is 0 Å². The average Bonchev–Trinajstić information content (AvgIpc) is 2.09. The summed E-state index contributed by atoms with van der Waals surface area (Å²) in [6.07, 6.45) is 0.00780. The van der Waals surface area contributed by atoms with Gasteiger partial charge in [-0.1, -0.05) is 6.58 Å². The summed E-state index contributed by atoms with van der Waals surface area (Å²) in [5.41, 5.74) is 0.411. The van der Waals surface area contributed by atoms with Crippen LogP contribution in [0, 0.1) is 0 Å². The van der Waals surface area contributed by atoms with Crippen LogP contribution >= 0.6 is 0 Å². The van der Waals surface area contributed by atoms with Crippen molar-refractivity contribution in [2.45, 2.75) is 39.9 Å². The molecule has 0 unspecified atom stereocenters. The number of ketones is 1. The fourth-order valence-electron chi connectivity index (χ4n) is 1.12. The highest BCUT2D eigenvalue weighted by Crippen LogP contribution is 2.32. The van der Waals surface area contributed by atoms with Crippen LogP contribution in [0.1, 0.15) is 27.7 Å². The van der Waals surface area contributed by atoms with Crippen molar-refractivity contribution in [3.8, 4) is 0 Å². The summed E-state index contributed by atoms with van der Waals surface area (Å²) in [6.45, 7) is 11.2. The van der Waals surface area contributed by atoms with Crippen LogP contribution in [0.5, 0.6) is 0 Å². The van der Waals surface area contributed by atoms with Gasteiger partial charge in [0.05, 0.1) is 17.8 Å². The van der Waals surface area contributed by atoms with Gasteiger partial charge >= 0.3 is 0 Å². The largest absolute Gasteiger partial charge is 0.486 e. The van der Waals surface area contributed by atoms with Gasteiger partial charge in [-0.05, 0) is 27.7 Å². The van der Waals surface area contributed by atoms with Crippen molar-refractivity contribution < 1.29 is 14.3 Å². The minimum Gasteiger partial charge on any atom is -0.486 e. The zero-order valence-electron chi connectivity index (χ0n) is 9.09. The fraction of sp³-hybridized carbons (Fsp3) is 0.545. The van der Waals surface area contributed by atoms with Gasteiger partial charge in [-0.2, -0.15) is 0 Å². The van der Waals surface area contributed by atoms with E-state index in [2.05, 4.69) is 6.58 Å². The molecule has 0 aromatic carbocycles. The molecule has 0 aliphatic heterocycles. The molecule has 0 bridgehead atoms. The first-order chi connectivity index (χ1) is 6.43. The van der Waals surface area contributed by atoms with Crippen LogP contribution in [-0.4, -0.2) is 18.0 Å². The number of ether oxygens (including phenoxy) is 2. The third-order valence-electron chi connectivity index (χ3n) is 1.67. The van der Waals surface area contributed by atoms with Crippen molar-refractivity contribution in [1.29, 1.82) is 0 Å². The van der Waals surface area contributed by atoms with E-state index in [-0.39, 0.29) is 18.0 Å². The van der Waals surface area contributed by atoms with Gasteiger partial charge in [-0.3, -0.25) is 4.79 Å². The van der Waals surface area contributed by atoms with Crippen molar-refractivity contribution in [2.24, 2.45) is 0 Å². The van der Waals surface area contributed by atoms with E-state index in [0.717, 1.165) is 0 Å². The Morgan fingerprint density at radius 3 is 1.86 bits per heavy atom. The second-order valence-corrected chi connectivity index (χ2v) is 3.80. The molecule has 1 aliphatic carbocycles. The molecule has 0 amide bonds. The van der Waals surface area contributed by atoms with Crippen molar-refractivity contribution >= 4 is 5.78 Å². The highest BCUT2D eigenvalue weighted by atomic mass is 16.5. The Morgan fingerprint density at radius 1 is 1.00 bits per heavy atom. The Morgan fingerprint density at radius 2 is 1.43 bits per heavy atom. The maximum absolute atomic E-state index is 11.3. The van der Waals surface area contributed by atoms with Gasteiger partial charge in [0, 0.05) is 0 Å². The number of allylic oxidation sites excluding steroid dienone is 2. The lowest BCUT2D eigenvalue weighted by atomic mass is 9.97. The summed E-state index contributed by atoms with van der Waals surface area (Å²) in [6, 6.07) is 0. The maximum atomic E-state index is 11.3. The Hall–Kier alpha value is -1.25. The molecular formula is C11H16O3. The van der Waals surface area contributed by atoms with E-state index >= 15 is 0 Å². The minimum absolute atomic E-state index is 0.0205. The molecule has 0 spiro atoms. The van der Waals surface area contributed by atoms with E-state index in [1.807, 2.05) is 27.7 Å². The Bertz CT molecular complexity index is 268. The molecule has 0 fully saturated rings. The monoisotopic (exact) mass is 196 g/mol. The predicted octanol–water partition coefficient (Wildman–Crippen LogP) is 2.19. The normalized spacial score (nSPS) is 16.4. The van der Waals surface area contributed by atoms with E-state index in [9.17, 15) is 4.79 Å². The van der Waals surface area contributed by atoms with Gasteiger partial charge in [0.1, 0.15) is 0 Å². The van der Waals surface area contributed by atoms with Gasteiger partial charge in [0.15, 0.2) is 5.76 Å². The van der Waals surface area contributed by atoms with Crippen LogP contribution in [0.2, 0.25) is 0 Å². The third kappa shape index (κ3) is 1.97. The molecule has 0 atom stereocenters. The maximum Gasteiger partial charge on any atom is 0.234 e. The Balaban J connectivity index is 2.80. The van der Waals surface area contributed by atoms with Gasteiger partial charge < -0.3 is 9.47 Å². The van der Waals surface area contributed by atoms with Crippen LogP contribution in [0.15, 0.2) is 23.7 Å². The van der Waals surface area contributed by atoms with Crippen LogP contribution in [-0.2, 0) is 14.3 Å². The first-order valence-electron chi connectivity index (χ1n) is 4.75. The summed E-state index contributed by atoms with van der Waals surface area (Å²) in [4.78, 5) is 11.3. The molecule has 1 aliphatic rings. The van der Waals surface area contributed by atoms with E-state index in [4.69, 9.17) is 9.47 Å². The van der Waals surface area contributed by atoms with Crippen molar-refractivity contribution in [3.05, 3.63) is 23.7 Å². The summed E-state index contributed by atoms with van der Waals surface area (Å²) in [5.74, 6) is 0.687. The first-order valence-corrected chi connectivity index (χ1v) is 4.75. The number of carbonyl (C=O) groups is 1. The zero-order valence-corrected chi connectivity index (χ0v) is 9.09. The molecule has 0 N–H and O–H groups in total. The van der Waals surface area contributed by atoms with Crippen LogP contribution in [0.25, 0.3) is 0 Å². The predicted molar refractivity (Wildman–Crippen MR) is 53.6 cm³/mol. The quantitative estimate of drug-likeness (QED) is 0.646. The molecule has 0 aromatic rings. The summed E-state index contributed by atoms with van der Waals surface area (Å²) in [5, 5.41) is 0. The molecule has 14 heavy (non-hydrogen) atoms. The van der Waals surface area contributed by atoms with Gasteiger partial charge in [0.2, 0.25) is 11.5 Å². The first kappa shape index (κ1) is 10.8. The molecule has 0 heterocycles. The molecule has 0 saturated heterocycles. The average molecular weight is 196 g/mol. The molecule has 0 radical (unpaired) electrons. The molecule has 78 valence electrons. The van der Waals surface area contributed by atoms with E-state index in [1.54, 1.807) is 0 Å². The SMILES string of the molecule is C=C1C(=O)C(OC(C)C)=C1OC(C)C. The summed E-state index contributed by atoms with van der Waals surface area (Å²) >= 11 is 0. The zero-order chi connectivity index (χ0) is 10.9. The smallest absolute Gasteiger partial charge is 0.234 e. The van der Waals surface area contributed by atoms with Crippen molar-refractivity contribution in [1.82, 2.24) is 0 Å². The lowest BCUT2D eigenvalue weighted by Gasteiger charge is -2.27. The number of hydrogen-bond acceptors (Lipinski definition) is 3. The van der Waals surface area contributed by atoms with Gasteiger partial charge in [-0.25, -0.2) is 0 Å². The van der Waals surface area contributed by atoms with E-state index in [0.29, 0.717) is 17.1 Å². The second kappa shape index (κ2) is 3.86. The van der Waals surface area contributed by atoms with E-state index < -0.39 is 0 Å². The number of rotatable bonds is 4. The highest BCUT2D eigenvalue weighted by molar-refractivity contribution is 6.17. The van der Waals surface area contributed by atoms with Gasteiger partial charge in [-0.15, -0.1) is 0 Å². The van der Waals surface area contributed by atoms with E-state index in [1.165, 1.54) is 0 Å². The standard InChI is InChI=1S/C11H16O3/c1-6(2)13-10-8(5)9(12)11(10)14-7(3)4/h6-7H,5H2,1-4H3. The summed E-state index contributed by atoms with van der Waals surface area (Å²) < 4.78 is 10.7. The second-order valence-electron chi connectivity index (χ2n) is 3.80.